The van der Waals surface area contributed by atoms with Crippen LogP contribution in [0.2, 0.25) is 5.02 Å². The fraction of sp³-hybridized carbons (Fsp3) is 0.182. The molecule has 2 amide bonds. The van der Waals surface area contributed by atoms with E-state index in [9.17, 15) is 14.7 Å². The molecule has 32 heavy (non-hydrogen) atoms. The van der Waals surface area contributed by atoms with Gasteiger partial charge in [-0.1, -0.05) is 35.1 Å². The molecule has 1 unspecified atom stereocenters. The highest BCUT2D eigenvalue weighted by Crippen LogP contribution is 2.31. The first-order valence-electron chi connectivity index (χ1n) is 9.81. The normalized spacial score (nSPS) is 11.9. The minimum Gasteiger partial charge on any atom is -0.396 e. The van der Waals surface area contributed by atoms with Crippen LogP contribution in [0.3, 0.4) is 0 Å². The molecule has 4 aromatic rings. The van der Waals surface area contributed by atoms with E-state index in [1.807, 2.05) is 12.1 Å². The topological polar surface area (TPSA) is 104 Å². The predicted octanol–water partition coefficient (Wildman–Crippen LogP) is 5.15. The van der Waals surface area contributed by atoms with Crippen molar-refractivity contribution in [1.82, 2.24) is 9.97 Å². The van der Waals surface area contributed by atoms with Crippen molar-refractivity contribution in [3.05, 3.63) is 69.6 Å². The molecule has 1 atom stereocenters. The van der Waals surface area contributed by atoms with Gasteiger partial charge in [-0.05, 0) is 48.7 Å². The number of anilines is 2. The molecule has 10 heteroatoms. The fourth-order valence-electron chi connectivity index (χ4n) is 3.24. The van der Waals surface area contributed by atoms with Crippen molar-refractivity contribution in [2.75, 3.05) is 17.2 Å². The summed E-state index contributed by atoms with van der Waals surface area (Å²) >= 11 is 8.78. The highest BCUT2D eigenvalue weighted by molar-refractivity contribution is 7.22. The third-order valence-electron chi connectivity index (χ3n) is 4.76. The maximum absolute atomic E-state index is 13.0. The van der Waals surface area contributed by atoms with Gasteiger partial charge in [-0.15, -0.1) is 11.3 Å². The third-order valence-corrected chi connectivity index (χ3v) is 6.52. The second-order valence-electron chi connectivity index (χ2n) is 6.99. The number of nitrogens with one attached hydrogen (secondary N) is 2. The summed E-state index contributed by atoms with van der Waals surface area (Å²) in [6.45, 7) is 0.000875. The van der Waals surface area contributed by atoms with Gasteiger partial charge in [-0.2, -0.15) is 0 Å². The Labute approximate surface area is 197 Å². The molecular formula is C22H19ClN4O3S2. The maximum Gasteiger partial charge on any atom is 0.275 e. The van der Waals surface area contributed by atoms with E-state index in [1.165, 1.54) is 22.7 Å². The standard InChI is InChI=1S/C22H19ClN4O3S2/c23-14-4-1-3-13(9-14)16(5-2-8-28)20(29)27-22-26-17-7-6-15(10-19(17)32-22)25-21(30)18-11-31-12-24-18/h1,3-4,6-7,9-12,16,28H,2,5,8H2,(H,25,30)(H,26,27,29). The lowest BCUT2D eigenvalue weighted by molar-refractivity contribution is -0.117. The van der Waals surface area contributed by atoms with Crippen LogP contribution >= 0.6 is 34.3 Å². The van der Waals surface area contributed by atoms with Crippen LogP contribution in [0.4, 0.5) is 10.8 Å². The number of halogens is 1. The summed E-state index contributed by atoms with van der Waals surface area (Å²) in [4.78, 5) is 33.7. The van der Waals surface area contributed by atoms with Crippen molar-refractivity contribution in [3.63, 3.8) is 0 Å². The van der Waals surface area contributed by atoms with Gasteiger partial charge in [0.25, 0.3) is 5.91 Å². The first-order chi connectivity index (χ1) is 15.5. The molecule has 0 aliphatic rings. The van der Waals surface area contributed by atoms with E-state index < -0.39 is 5.92 Å². The van der Waals surface area contributed by atoms with Gasteiger partial charge in [0.2, 0.25) is 5.91 Å². The van der Waals surface area contributed by atoms with Gasteiger partial charge in [0.05, 0.1) is 21.6 Å². The minimum atomic E-state index is -0.458. The summed E-state index contributed by atoms with van der Waals surface area (Å²) in [5, 5.41) is 17.6. The van der Waals surface area contributed by atoms with Gasteiger partial charge in [0.1, 0.15) is 5.69 Å². The number of aliphatic hydroxyl groups excluding tert-OH is 1. The second-order valence-corrected chi connectivity index (χ2v) is 9.18. The molecule has 0 spiro atoms. The molecule has 3 N–H and O–H groups in total. The highest BCUT2D eigenvalue weighted by Gasteiger charge is 2.22. The lowest BCUT2D eigenvalue weighted by atomic mass is 9.93. The van der Waals surface area contributed by atoms with Crippen LogP contribution < -0.4 is 10.6 Å². The Hall–Kier alpha value is -2.85. The summed E-state index contributed by atoms with van der Waals surface area (Å²) in [5.41, 5.74) is 4.09. The van der Waals surface area contributed by atoms with Crippen molar-refractivity contribution in [1.29, 1.82) is 0 Å². The van der Waals surface area contributed by atoms with Crippen molar-refractivity contribution in [2.24, 2.45) is 0 Å². The molecule has 0 fully saturated rings. The van der Waals surface area contributed by atoms with Crippen molar-refractivity contribution >= 4 is 67.1 Å². The van der Waals surface area contributed by atoms with Crippen LogP contribution in [0.5, 0.6) is 0 Å². The summed E-state index contributed by atoms with van der Waals surface area (Å²) in [6.07, 6.45) is 0.979. The zero-order valence-corrected chi connectivity index (χ0v) is 19.1. The van der Waals surface area contributed by atoms with Crippen molar-refractivity contribution < 1.29 is 14.7 Å². The molecule has 2 aromatic carbocycles. The predicted molar refractivity (Wildman–Crippen MR) is 129 cm³/mol. The number of thiazole rings is 2. The molecule has 0 bridgehead atoms. The summed E-state index contributed by atoms with van der Waals surface area (Å²) in [5.74, 6) is -0.949. The number of amides is 2. The fourth-order valence-corrected chi connectivity index (χ4v) is 4.87. The van der Waals surface area contributed by atoms with E-state index in [-0.39, 0.29) is 18.4 Å². The van der Waals surface area contributed by atoms with Gasteiger partial charge in [0.15, 0.2) is 5.13 Å². The Morgan fingerprint density at radius 3 is 2.78 bits per heavy atom. The first kappa shape index (κ1) is 22.3. The molecule has 164 valence electrons. The highest BCUT2D eigenvalue weighted by atomic mass is 35.5. The van der Waals surface area contributed by atoms with Crippen molar-refractivity contribution in [2.45, 2.75) is 18.8 Å². The molecule has 2 heterocycles. The van der Waals surface area contributed by atoms with Crippen LogP contribution in [-0.4, -0.2) is 33.5 Å². The Kier molecular flexibility index (Phi) is 7.11. The Morgan fingerprint density at radius 1 is 1.16 bits per heavy atom. The number of hydrogen-bond donors (Lipinski definition) is 3. The lowest BCUT2D eigenvalue weighted by Gasteiger charge is -2.16. The smallest absolute Gasteiger partial charge is 0.275 e. The van der Waals surface area contributed by atoms with E-state index in [1.54, 1.807) is 41.2 Å². The van der Waals surface area contributed by atoms with Crippen LogP contribution in [0, 0.1) is 0 Å². The quantitative estimate of drug-likeness (QED) is 0.319. The number of hydrogen-bond acceptors (Lipinski definition) is 7. The van der Waals surface area contributed by atoms with Gasteiger partial charge >= 0.3 is 0 Å². The van der Waals surface area contributed by atoms with E-state index in [4.69, 9.17) is 11.6 Å². The maximum atomic E-state index is 13.0. The summed E-state index contributed by atoms with van der Waals surface area (Å²) in [7, 11) is 0. The minimum absolute atomic E-state index is 0.000875. The molecule has 0 saturated carbocycles. The lowest BCUT2D eigenvalue weighted by Crippen LogP contribution is -2.21. The average Bonchev–Trinajstić information content (AvgIpc) is 3.43. The zero-order valence-electron chi connectivity index (χ0n) is 16.7. The largest absolute Gasteiger partial charge is 0.396 e. The molecular weight excluding hydrogens is 468 g/mol. The number of carbonyl (C=O) groups is 2. The van der Waals surface area contributed by atoms with Gasteiger partial charge in [-0.3, -0.25) is 9.59 Å². The van der Waals surface area contributed by atoms with Crippen LogP contribution in [0.25, 0.3) is 10.2 Å². The van der Waals surface area contributed by atoms with E-state index in [2.05, 4.69) is 20.6 Å². The number of rotatable bonds is 8. The molecule has 0 aliphatic carbocycles. The van der Waals surface area contributed by atoms with Gasteiger partial charge in [-0.25, -0.2) is 9.97 Å². The monoisotopic (exact) mass is 486 g/mol. The molecule has 0 aliphatic heterocycles. The number of aromatic nitrogens is 2. The van der Waals surface area contributed by atoms with E-state index in [0.29, 0.717) is 39.9 Å². The Balaban J connectivity index is 1.51. The Morgan fingerprint density at radius 2 is 2.03 bits per heavy atom. The van der Waals surface area contributed by atoms with E-state index in [0.717, 1.165) is 10.3 Å². The third kappa shape index (κ3) is 5.31. The zero-order chi connectivity index (χ0) is 22.5. The molecule has 7 nitrogen and oxygen atoms in total. The van der Waals surface area contributed by atoms with Crippen LogP contribution in [-0.2, 0) is 4.79 Å². The number of benzene rings is 2. The Bertz CT molecular complexity index is 1240. The molecule has 2 aromatic heterocycles. The second kappa shape index (κ2) is 10.2. The van der Waals surface area contributed by atoms with E-state index >= 15 is 0 Å². The number of fused-ring (bicyclic) bond motifs is 1. The average molecular weight is 487 g/mol. The molecule has 0 radical (unpaired) electrons. The number of carbonyl (C=O) groups excluding carboxylic acids is 2. The molecule has 4 rings (SSSR count). The first-order valence-corrected chi connectivity index (χ1v) is 11.9. The SMILES string of the molecule is O=C(Nc1ccc2nc(NC(=O)C(CCCO)c3cccc(Cl)c3)sc2c1)c1cscn1. The van der Waals surface area contributed by atoms with Gasteiger partial charge < -0.3 is 15.7 Å². The van der Waals surface area contributed by atoms with Crippen LogP contribution in [0.1, 0.15) is 34.8 Å². The summed E-state index contributed by atoms with van der Waals surface area (Å²) in [6, 6.07) is 12.5. The van der Waals surface area contributed by atoms with Crippen LogP contribution in [0.15, 0.2) is 53.4 Å². The number of aliphatic hydroxyl groups is 1. The van der Waals surface area contributed by atoms with Gasteiger partial charge in [0, 0.05) is 22.7 Å². The summed E-state index contributed by atoms with van der Waals surface area (Å²) < 4.78 is 0.825. The van der Waals surface area contributed by atoms with Crippen molar-refractivity contribution in [3.8, 4) is 0 Å². The number of nitrogens with zero attached hydrogens (tertiary/aromatic N) is 2. The molecule has 0 saturated heterocycles.